The standard InChI is InChI=1S/C16H10N2O8S2.2Na/c19-15-9-5-7(27(21,22)23)1-3-11(9)17-13(15)14-16(20)10-6-8(28(24,25)26)2-4-12(10)18-14;;/h1-6,17-18H,(H,21,22,23)(H,24,25,26);;. The molecule has 2 aliphatic heterocycles. The summed E-state index contributed by atoms with van der Waals surface area (Å²) >= 11 is 0. The van der Waals surface area contributed by atoms with E-state index in [4.69, 9.17) is 9.11 Å². The van der Waals surface area contributed by atoms with Crippen LogP contribution in [0.4, 0.5) is 11.4 Å². The van der Waals surface area contributed by atoms with Gasteiger partial charge in [0.1, 0.15) is 11.4 Å². The first-order valence-electron chi connectivity index (χ1n) is 7.57. The molecule has 2 heterocycles. The second-order valence-electron chi connectivity index (χ2n) is 6.02. The van der Waals surface area contributed by atoms with Crippen molar-refractivity contribution in [1.29, 1.82) is 0 Å². The first-order chi connectivity index (χ1) is 13.0. The number of nitrogens with one attached hydrogen (secondary N) is 2. The van der Waals surface area contributed by atoms with Crippen molar-refractivity contribution in [2.75, 3.05) is 10.6 Å². The van der Waals surface area contributed by atoms with Crippen molar-refractivity contribution in [3.63, 3.8) is 0 Å². The Morgan fingerprint density at radius 3 is 1.27 bits per heavy atom. The van der Waals surface area contributed by atoms with Gasteiger partial charge in [-0.15, -0.1) is 0 Å². The van der Waals surface area contributed by atoms with Crippen LogP contribution < -0.4 is 10.6 Å². The molecule has 0 bridgehead atoms. The molecule has 30 heavy (non-hydrogen) atoms. The van der Waals surface area contributed by atoms with Gasteiger partial charge in [-0.2, -0.15) is 16.8 Å². The summed E-state index contributed by atoms with van der Waals surface area (Å²) in [4.78, 5) is 24.4. The normalized spacial score (nSPS) is 17.3. The molecule has 14 heteroatoms. The fraction of sp³-hybridized carbons (Fsp3) is 0. The fourth-order valence-corrected chi connectivity index (χ4v) is 3.98. The number of allylic oxidation sites excluding steroid dienone is 2. The van der Waals surface area contributed by atoms with E-state index in [0.29, 0.717) is 0 Å². The van der Waals surface area contributed by atoms with E-state index in [1.165, 1.54) is 12.1 Å². The van der Waals surface area contributed by atoms with Crippen LogP contribution in [0, 0.1) is 0 Å². The molecule has 146 valence electrons. The molecular weight excluding hydrogens is 458 g/mol. The summed E-state index contributed by atoms with van der Waals surface area (Å²) in [6.07, 6.45) is 0. The number of carbonyl (C=O) groups excluding carboxylic acids is 2. The zero-order valence-electron chi connectivity index (χ0n) is 15.6. The number of hydrogen-bond acceptors (Lipinski definition) is 8. The topological polar surface area (TPSA) is 167 Å². The summed E-state index contributed by atoms with van der Waals surface area (Å²) in [6, 6.07) is 6.70. The van der Waals surface area contributed by atoms with Gasteiger partial charge >= 0.3 is 0 Å². The molecule has 0 aromatic heterocycles. The van der Waals surface area contributed by atoms with Crippen molar-refractivity contribution in [3.8, 4) is 0 Å². The van der Waals surface area contributed by atoms with Gasteiger partial charge in [-0.05, 0) is 36.4 Å². The molecule has 0 aliphatic carbocycles. The van der Waals surface area contributed by atoms with Gasteiger partial charge < -0.3 is 10.6 Å². The fourth-order valence-electron chi connectivity index (χ4n) is 2.97. The molecule has 2 aliphatic rings. The number of rotatable bonds is 2. The minimum absolute atomic E-state index is 0. The molecule has 0 amide bonds. The van der Waals surface area contributed by atoms with Crippen LogP contribution >= 0.6 is 0 Å². The van der Waals surface area contributed by atoms with Crippen molar-refractivity contribution in [2.24, 2.45) is 0 Å². The minimum Gasteiger partial charge on any atom is -0.350 e. The molecule has 0 saturated carbocycles. The van der Waals surface area contributed by atoms with Gasteiger partial charge in [0, 0.05) is 70.2 Å². The smallest absolute Gasteiger partial charge is 0.294 e. The van der Waals surface area contributed by atoms with Crippen LogP contribution in [0.1, 0.15) is 20.7 Å². The molecule has 4 rings (SSSR count). The van der Waals surface area contributed by atoms with Crippen molar-refractivity contribution >= 4 is 102 Å². The average Bonchev–Trinajstić information content (AvgIpc) is 3.10. The van der Waals surface area contributed by atoms with Crippen LogP contribution in [0.5, 0.6) is 0 Å². The predicted octanol–water partition coefficient (Wildman–Crippen LogP) is 0.547. The molecule has 0 spiro atoms. The maximum Gasteiger partial charge on any atom is 0.294 e. The Kier molecular flexibility index (Phi) is 7.11. The second kappa shape index (κ2) is 8.47. The Hall–Kier alpha value is -1.06. The van der Waals surface area contributed by atoms with Crippen molar-refractivity contribution in [1.82, 2.24) is 0 Å². The third kappa shape index (κ3) is 4.30. The van der Waals surface area contributed by atoms with Crippen LogP contribution in [-0.4, -0.2) is 96.6 Å². The Bertz CT molecular complexity index is 1250. The van der Waals surface area contributed by atoms with Crippen molar-refractivity contribution in [3.05, 3.63) is 58.9 Å². The molecule has 2 aromatic rings. The number of hydrogen-bond donors (Lipinski definition) is 4. The maximum absolute atomic E-state index is 12.7. The van der Waals surface area contributed by atoms with Crippen LogP contribution in [0.2, 0.25) is 0 Å². The van der Waals surface area contributed by atoms with E-state index in [-0.39, 0.29) is 93.0 Å². The largest absolute Gasteiger partial charge is 0.350 e. The molecule has 10 nitrogen and oxygen atoms in total. The Morgan fingerprint density at radius 2 is 0.967 bits per heavy atom. The van der Waals surface area contributed by atoms with Gasteiger partial charge in [-0.1, -0.05) is 0 Å². The van der Waals surface area contributed by atoms with Crippen molar-refractivity contribution < 1.29 is 35.5 Å². The SMILES string of the molecule is O=C1C(=C2Nc3ccc(S(=O)(=O)O)cc3C2=O)Nc2ccc(S(=O)(=O)O)cc21.[Na].[Na]. The summed E-state index contributed by atoms with van der Waals surface area (Å²) < 4.78 is 63.3. The number of Topliss-reactive ketones (excluding diaryl/α,β-unsaturated/α-hetero) is 2. The van der Waals surface area contributed by atoms with Crippen LogP contribution in [0.15, 0.2) is 57.6 Å². The summed E-state index contributed by atoms with van der Waals surface area (Å²) in [5.74, 6) is -1.36. The number of benzene rings is 2. The zero-order valence-corrected chi connectivity index (χ0v) is 21.3. The van der Waals surface area contributed by atoms with E-state index in [1.807, 2.05) is 0 Å². The van der Waals surface area contributed by atoms with Gasteiger partial charge in [0.05, 0.1) is 21.2 Å². The summed E-state index contributed by atoms with van der Waals surface area (Å²) in [5.41, 5.74) is 0.0611. The number of fused-ring (bicyclic) bond motifs is 2. The summed E-state index contributed by atoms with van der Waals surface area (Å²) in [5, 5.41) is 5.44. The van der Waals surface area contributed by atoms with Crippen LogP contribution in [-0.2, 0) is 20.2 Å². The van der Waals surface area contributed by atoms with Crippen LogP contribution in [0.25, 0.3) is 0 Å². The maximum atomic E-state index is 12.7. The number of ketones is 2. The molecule has 2 aromatic carbocycles. The van der Waals surface area contributed by atoms with E-state index in [1.54, 1.807) is 0 Å². The van der Waals surface area contributed by atoms with Gasteiger partial charge in [-0.3, -0.25) is 18.7 Å². The van der Waals surface area contributed by atoms with E-state index < -0.39 is 41.6 Å². The minimum atomic E-state index is -4.52. The predicted molar refractivity (Wildman–Crippen MR) is 107 cm³/mol. The molecular formula is C16H10N2Na2O8S2. The number of anilines is 2. The molecule has 4 N–H and O–H groups in total. The third-order valence-electron chi connectivity index (χ3n) is 4.29. The van der Waals surface area contributed by atoms with E-state index in [2.05, 4.69) is 10.6 Å². The van der Waals surface area contributed by atoms with Gasteiger partial charge in [0.25, 0.3) is 20.2 Å². The third-order valence-corrected chi connectivity index (χ3v) is 5.99. The van der Waals surface area contributed by atoms with E-state index in [0.717, 1.165) is 24.3 Å². The van der Waals surface area contributed by atoms with Gasteiger partial charge in [0.2, 0.25) is 11.6 Å². The van der Waals surface area contributed by atoms with Gasteiger partial charge in [0.15, 0.2) is 0 Å². The average molecular weight is 468 g/mol. The van der Waals surface area contributed by atoms with Crippen molar-refractivity contribution in [2.45, 2.75) is 9.79 Å². The second-order valence-corrected chi connectivity index (χ2v) is 8.87. The molecule has 0 saturated heterocycles. The molecule has 2 radical (unpaired) electrons. The van der Waals surface area contributed by atoms with Gasteiger partial charge in [-0.25, -0.2) is 0 Å². The quantitative estimate of drug-likeness (QED) is 0.278. The van der Waals surface area contributed by atoms with Crippen LogP contribution in [0.3, 0.4) is 0 Å². The number of carbonyl (C=O) groups is 2. The van der Waals surface area contributed by atoms with E-state index >= 15 is 0 Å². The summed E-state index contributed by atoms with van der Waals surface area (Å²) in [7, 11) is -9.03. The Labute approximate surface area is 215 Å². The van der Waals surface area contributed by atoms with E-state index in [9.17, 15) is 26.4 Å². The monoisotopic (exact) mass is 468 g/mol. The first-order valence-corrected chi connectivity index (χ1v) is 10.5. The Morgan fingerprint density at radius 1 is 0.633 bits per heavy atom. The molecule has 0 atom stereocenters. The Balaban J connectivity index is 0.00000160. The first kappa shape index (κ1) is 25.2. The summed E-state index contributed by atoms with van der Waals surface area (Å²) in [6.45, 7) is 0. The molecule has 0 unspecified atom stereocenters. The molecule has 0 fully saturated rings. The zero-order chi connectivity index (χ0) is 20.4.